The highest BCUT2D eigenvalue weighted by molar-refractivity contribution is 5.98. The van der Waals surface area contributed by atoms with E-state index < -0.39 is 29.8 Å². The van der Waals surface area contributed by atoms with Crippen LogP contribution in [-0.2, 0) is 19.9 Å². The minimum atomic E-state index is -1.51. The predicted molar refractivity (Wildman–Crippen MR) is 107 cm³/mol. The molecule has 0 amide bonds. The first-order chi connectivity index (χ1) is 14.1. The summed E-state index contributed by atoms with van der Waals surface area (Å²) in [5.74, 6) is -1.73. The van der Waals surface area contributed by atoms with E-state index in [1.54, 1.807) is 55.5 Å². The molecule has 0 heterocycles. The highest BCUT2D eigenvalue weighted by Crippen LogP contribution is 2.35. The first kappa shape index (κ1) is 20.4. The lowest BCUT2D eigenvalue weighted by Gasteiger charge is -2.32. The Kier molecular flexibility index (Phi) is 6.52. The maximum absolute atomic E-state index is 13.4. The summed E-state index contributed by atoms with van der Waals surface area (Å²) in [5.41, 5.74) is -0.189. The van der Waals surface area contributed by atoms with Gasteiger partial charge >= 0.3 is 5.97 Å². The van der Waals surface area contributed by atoms with Crippen LogP contribution in [0.1, 0.15) is 28.4 Å². The molecule has 0 fully saturated rings. The summed E-state index contributed by atoms with van der Waals surface area (Å²) in [7, 11) is 0. The number of carbonyl (C=O) groups excluding carboxylic acids is 2. The molecule has 29 heavy (non-hydrogen) atoms. The number of ketones is 1. The molecule has 5 heteroatoms. The quantitative estimate of drug-likeness (QED) is 0.417. The van der Waals surface area contributed by atoms with E-state index in [1.807, 2.05) is 12.1 Å². The van der Waals surface area contributed by atoms with Crippen LogP contribution in [0.4, 0.5) is 4.39 Å². The largest absolute Gasteiger partial charge is 0.455 e. The van der Waals surface area contributed by atoms with E-state index >= 15 is 0 Å². The van der Waals surface area contributed by atoms with Gasteiger partial charge in [-0.05, 0) is 30.2 Å². The molecule has 0 saturated carbocycles. The van der Waals surface area contributed by atoms with E-state index in [0.717, 1.165) is 6.07 Å². The Balaban J connectivity index is 1.93. The van der Waals surface area contributed by atoms with Crippen LogP contribution in [0.25, 0.3) is 0 Å². The molecule has 3 rings (SSSR count). The van der Waals surface area contributed by atoms with Crippen molar-refractivity contribution in [2.75, 3.05) is 13.2 Å². The van der Waals surface area contributed by atoms with Crippen molar-refractivity contribution in [3.05, 3.63) is 107 Å². The number of hydrogen-bond acceptors (Lipinski definition) is 4. The van der Waals surface area contributed by atoms with Gasteiger partial charge in [-0.15, -0.1) is 0 Å². The minimum Gasteiger partial charge on any atom is -0.455 e. The molecule has 0 bridgehead atoms. The normalized spacial score (nSPS) is 11.1. The number of benzene rings is 3. The molecule has 0 N–H and O–H groups in total. The highest BCUT2D eigenvalue weighted by atomic mass is 19.1. The fraction of sp³-hybridized carbons (Fsp3) is 0.167. The molecule has 0 radical (unpaired) electrons. The summed E-state index contributed by atoms with van der Waals surface area (Å²) in [6, 6.07) is 23.3. The number of Topliss-reactive ketones (excluding diaryl/α,β-unsaturated/α-hetero) is 1. The minimum absolute atomic E-state index is 0.138. The Morgan fingerprint density at radius 3 is 1.97 bits per heavy atom. The second-order valence-electron chi connectivity index (χ2n) is 6.36. The van der Waals surface area contributed by atoms with Gasteiger partial charge in [-0.2, -0.15) is 0 Å². The van der Waals surface area contributed by atoms with Gasteiger partial charge in [0.1, 0.15) is 5.82 Å². The number of carbonyl (C=O) groups is 2. The van der Waals surface area contributed by atoms with Crippen molar-refractivity contribution in [1.82, 2.24) is 0 Å². The third-order valence-corrected chi connectivity index (χ3v) is 4.49. The number of ether oxygens (including phenoxy) is 2. The predicted octanol–water partition coefficient (Wildman–Crippen LogP) is 4.53. The van der Waals surface area contributed by atoms with Gasteiger partial charge in [0.25, 0.3) is 0 Å². The standard InChI is InChI=1S/C24H21FO4/c1-2-29-24(19-11-5-3-6-12-19,20-13-7-4-8-14-20)23(27)28-17-22(26)18-10-9-15-21(25)16-18/h3-16H,2,17H2,1H3. The van der Waals surface area contributed by atoms with Gasteiger partial charge in [0.15, 0.2) is 12.4 Å². The highest BCUT2D eigenvalue weighted by Gasteiger charge is 2.45. The van der Waals surface area contributed by atoms with Crippen molar-refractivity contribution in [2.24, 2.45) is 0 Å². The Bertz CT molecular complexity index is 931. The van der Waals surface area contributed by atoms with Gasteiger partial charge in [-0.25, -0.2) is 9.18 Å². The second kappa shape index (κ2) is 9.26. The molecule has 0 aliphatic rings. The zero-order valence-electron chi connectivity index (χ0n) is 16.0. The smallest absolute Gasteiger partial charge is 0.348 e. The lowest BCUT2D eigenvalue weighted by molar-refractivity contribution is -0.167. The maximum atomic E-state index is 13.4. The molecule has 0 spiro atoms. The van der Waals surface area contributed by atoms with E-state index in [0.29, 0.717) is 11.1 Å². The van der Waals surface area contributed by atoms with Crippen LogP contribution in [0.5, 0.6) is 0 Å². The summed E-state index contributed by atoms with van der Waals surface area (Å²) in [5, 5.41) is 0. The van der Waals surface area contributed by atoms with Gasteiger partial charge in [-0.1, -0.05) is 72.8 Å². The van der Waals surface area contributed by atoms with Crippen LogP contribution >= 0.6 is 0 Å². The molecule has 0 aromatic heterocycles. The molecule has 0 aliphatic carbocycles. The molecule has 0 aliphatic heterocycles. The van der Waals surface area contributed by atoms with Crippen molar-refractivity contribution in [2.45, 2.75) is 12.5 Å². The fourth-order valence-corrected chi connectivity index (χ4v) is 3.17. The lowest BCUT2D eigenvalue weighted by Crippen LogP contribution is -2.42. The van der Waals surface area contributed by atoms with Crippen molar-refractivity contribution in [1.29, 1.82) is 0 Å². The first-order valence-corrected chi connectivity index (χ1v) is 9.29. The maximum Gasteiger partial charge on any atom is 0.348 e. The summed E-state index contributed by atoms with van der Waals surface area (Å²) in [6.07, 6.45) is 0. The molecule has 4 nitrogen and oxygen atoms in total. The summed E-state index contributed by atoms with van der Waals surface area (Å²) in [6.45, 7) is 1.51. The van der Waals surface area contributed by atoms with E-state index in [9.17, 15) is 14.0 Å². The SMILES string of the molecule is CCOC(C(=O)OCC(=O)c1cccc(F)c1)(c1ccccc1)c1ccccc1. The second-order valence-corrected chi connectivity index (χ2v) is 6.36. The molecule has 3 aromatic carbocycles. The van der Waals surface area contributed by atoms with Crippen LogP contribution in [0.15, 0.2) is 84.9 Å². The monoisotopic (exact) mass is 392 g/mol. The van der Waals surface area contributed by atoms with E-state index in [1.165, 1.54) is 18.2 Å². The Morgan fingerprint density at radius 1 is 0.862 bits per heavy atom. The Labute approximate surface area is 168 Å². The fourth-order valence-electron chi connectivity index (χ4n) is 3.17. The third-order valence-electron chi connectivity index (χ3n) is 4.49. The Hall–Kier alpha value is -3.31. The zero-order valence-corrected chi connectivity index (χ0v) is 16.0. The molecule has 0 atom stereocenters. The van der Waals surface area contributed by atoms with Crippen molar-refractivity contribution < 1.29 is 23.5 Å². The van der Waals surface area contributed by atoms with Crippen LogP contribution in [0.2, 0.25) is 0 Å². The number of halogens is 1. The molecular weight excluding hydrogens is 371 g/mol. The van der Waals surface area contributed by atoms with Crippen LogP contribution in [-0.4, -0.2) is 25.0 Å². The zero-order chi connectivity index (χ0) is 20.7. The van der Waals surface area contributed by atoms with Gasteiger partial charge in [0.2, 0.25) is 5.60 Å². The molecule has 3 aromatic rings. The van der Waals surface area contributed by atoms with E-state index in [-0.39, 0.29) is 12.2 Å². The topological polar surface area (TPSA) is 52.6 Å². The van der Waals surface area contributed by atoms with Crippen LogP contribution in [0, 0.1) is 5.82 Å². The van der Waals surface area contributed by atoms with Crippen molar-refractivity contribution in [3.63, 3.8) is 0 Å². The first-order valence-electron chi connectivity index (χ1n) is 9.29. The average molecular weight is 392 g/mol. The van der Waals surface area contributed by atoms with Crippen LogP contribution < -0.4 is 0 Å². The van der Waals surface area contributed by atoms with Gasteiger partial charge < -0.3 is 9.47 Å². The van der Waals surface area contributed by atoms with Crippen molar-refractivity contribution in [3.8, 4) is 0 Å². The molecule has 0 unspecified atom stereocenters. The molecule has 0 saturated heterocycles. The average Bonchev–Trinajstić information content (AvgIpc) is 2.76. The van der Waals surface area contributed by atoms with Crippen molar-refractivity contribution >= 4 is 11.8 Å². The molecular formula is C24H21FO4. The third kappa shape index (κ3) is 4.41. The van der Waals surface area contributed by atoms with Gasteiger partial charge in [0, 0.05) is 12.2 Å². The number of rotatable bonds is 8. The van der Waals surface area contributed by atoms with Gasteiger partial charge in [-0.3, -0.25) is 4.79 Å². The summed E-state index contributed by atoms with van der Waals surface area (Å²) < 4.78 is 24.7. The lowest BCUT2D eigenvalue weighted by atomic mass is 9.86. The van der Waals surface area contributed by atoms with E-state index in [4.69, 9.17) is 9.47 Å². The Morgan fingerprint density at radius 2 is 1.45 bits per heavy atom. The summed E-state index contributed by atoms with van der Waals surface area (Å²) >= 11 is 0. The van der Waals surface area contributed by atoms with Gasteiger partial charge in [0.05, 0.1) is 0 Å². The number of hydrogen-bond donors (Lipinski definition) is 0. The van der Waals surface area contributed by atoms with E-state index in [2.05, 4.69) is 0 Å². The molecule has 148 valence electrons. The number of esters is 1. The summed E-state index contributed by atoms with van der Waals surface area (Å²) in [4.78, 5) is 25.7. The van der Waals surface area contributed by atoms with Crippen LogP contribution in [0.3, 0.4) is 0 Å².